The zero-order chi connectivity index (χ0) is 10.6. The van der Waals surface area contributed by atoms with Gasteiger partial charge >= 0.3 is 0 Å². The van der Waals surface area contributed by atoms with Crippen molar-refractivity contribution in [2.24, 2.45) is 5.92 Å². The highest BCUT2D eigenvalue weighted by atomic mass is 32.1. The van der Waals surface area contributed by atoms with E-state index < -0.39 is 0 Å². The van der Waals surface area contributed by atoms with Gasteiger partial charge in [-0.2, -0.15) is 0 Å². The molecular formula is C11H20N2S. The van der Waals surface area contributed by atoms with Gasteiger partial charge in [-0.15, -0.1) is 11.3 Å². The van der Waals surface area contributed by atoms with Crippen molar-refractivity contribution in [2.45, 2.75) is 34.1 Å². The van der Waals surface area contributed by atoms with Crippen LogP contribution >= 0.6 is 11.3 Å². The van der Waals surface area contributed by atoms with Gasteiger partial charge in [0.2, 0.25) is 0 Å². The molecule has 0 spiro atoms. The van der Waals surface area contributed by atoms with Crippen molar-refractivity contribution in [1.82, 2.24) is 10.3 Å². The Labute approximate surface area is 90.8 Å². The van der Waals surface area contributed by atoms with Crippen LogP contribution in [0.4, 0.5) is 0 Å². The number of hydrogen-bond acceptors (Lipinski definition) is 3. The molecule has 1 N–H and O–H groups in total. The molecule has 1 aromatic heterocycles. The van der Waals surface area contributed by atoms with Crippen molar-refractivity contribution in [3.63, 3.8) is 0 Å². The molecule has 0 aliphatic rings. The lowest BCUT2D eigenvalue weighted by molar-refractivity contribution is 0.520. The van der Waals surface area contributed by atoms with Gasteiger partial charge in [-0.1, -0.05) is 13.8 Å². The molecule has 3 heteroatoms. The quantitative estimate of drug-likeness (QED) is 0.811. The van der Waals surface area contributed by atoms with Gasteiger partial charge in [0.15, 0.2) is 0 Å². The summed E-state index contributed by atoms with van der Waals surface area (Å²) in [5, 5.41) is 4.65. The minimum Gasteiger partial charge on any atom is -0.317 e. The molecule has 0 aromatic carbocycles. The van der Waals surface area contributed by atoms with Crippen LogP contribution in [0.2, 0.25) is 0 Å². The van der Waals surface area contributed by atoms with Crippen LogP contribution in [-0.4, -0.2) is 18.1 Å². The molecule has 1 unspecified atom stereocenters. The fourth-order valence-corrected chi connectivity index (χ4v) is 2.48. The van der Waals surface area contributed by atoms with Crippen molar-refractivity contribution in [3.05, 3.63) is 15.6 Å². The normalized spacial score (nSPS) is 13.1. The van der Waals surface area contributed by atoms with Gasteiger partial charge in [-0.05, 0) is 32.9 Å². The molecule has 1 rings (SSSR count). The topological polar surface area (TPSA) is 24.9 Å². The van der Waals surface area contributed by atoms with Crippen LogP contribution in [0.5, 0.6) is 0 Å². The number of thiazole rings is 1. The first-order chi connectivity index (χ1) is 6.63. The zero-order valence-electron chi connectivity index (χ0n) is 9.55. The van der Waals surface area contributed by atoms with Gasteiger partial charge in [0.05, 0.1) is 10.7 Å². The van der Waals surface area contributed by atoms with Crippen molar-refractivity contribution in [3.8, 4) is 0 Å². The van der Waals surface area contributed by atoms with Crippen LogP contribution in [0.15, 0.2) is 0 Å². The Morgan fingerprint density at radius 2 is 2.14 bits per heavy atom. The molecule has 80 valence electrons. The SMILES string of the molecule is CCNCC(C)Cc1nc(C)c(C)s1. The first-order valence-corrected chi connectivity index (χ1v) is 6.08. The molecule has 0 bridgehead atoms. The number of hydrogen-bond donors (Lipinski definition) is 1. The van der Waals surface area contributed by atoms with Gasteiger partial charge in [0.25, 0.3) is 0 Å². The van der Waals surface area contributed by atoms with Gasteiger partial charge in [-0.25, -0.2) is 4.98 Å². The summed E-state index contributed by atoms with van der Waals surface area (Å²) in [5.74, 6) is 0.680. The smallest absolute Gasteiger partial charge is 0.0934 e. The second-order valence-corrected chi connectivity index (χ2v) is 5.15. The Bertz CT molecular complexity index is 261. The highest BCUT2D eigenvalue weighted by Gasteiger charge is 2.08. The zero-order valence-corrected chi connectivity index (χ0v) is 10.4. The molecule has 1 atom stereocenters. The fraction of sp³-hybridized carbons (Fsp3) is 0.727. The monoisotopic (exact) mass is 212 g/mol. The molecule has 0 fully saturated rings. The lowest BCUT2D eigenvalue weighted by Gasteiger charge is -2.09. The molecule has 2 nitrogen and oxygen atoms in total. The second kappa shape index (κ2) is 5.47. The van der Waals surface area contributed by atoms with Crippen LogP contribution < -0.4 is 5.32 Å². The molecule has 0 aliphatic carbocycles. The number of rotatable bonds is 5. The Kier molecular flexibility index (Phi) is 4.55. The van der Waals surface area contributed by atoms with Crippen LogP contribution in [0.25, 0.3) is 0 Å². The van der Waals surface area contributed by atoms with E-state index in [9.17, 15) is 0 Å². The average Bonchev–Trinajstić information content (AvgIpc) is 2.42. The molecule has 14 heavy (non-hydrogen) atoms. The van der Waals surface area contributed by atoms with Crippen LogP contribution in [-0.2, 0) is 6.42 Å². The van der Waals surface area contributed by atoms with E-state index >= 15 is 0 Å². The van der Waals surface area contributed by atoms with Crippen molar-refractivity contribution >= 4 is 11.3 Å². The van der Waals surface area contributed by atoms with E-state index in [0.717, 1.165) is 19.5 Å². The molecule has 0 saturated heterocycles. The number of nitrogens with zero attached hydrogens (tertiary/aromatic N) is 1. The molecular weight excluding hydrogens is 192 g/mol. The predicted molar refractivity (Wildman–Crippen MR) is 63.0 cm³/mol. The third kappa shape index (κ3) is 3.39. The first-order valence-electron chi connectivity index (χ1n) is 5.27. The van der Waals surface area contributed by atoms with Crippen LogP contribution in [0, 0.1) is 19.8 Å². The van der Waals surface area contributed by atoms with Crippen LogP contribution in [0.3, 0.4) is 0 Å². The first kappa shape index (κ1) is 11.7. The molecule has 1 heterocycles. The third-order valence-electron chi connectivity index (χ3n) is 2.34. The summed E-state index contributed by atoms with van der Waals surface area (Å²) in [4.78, 5) is 5.91. The van der Waals surface area contributed by atoms with Crippen molar-refractivity contribution in [1.29, 1.82) is 0 Å². The minimum atomic E-state index is 0.680. The van der Waals surface area contributed by atoms with E-state index in [4.69, 9.17) is 0 Å². The largest absolute Gasteiger partial charge is 0.317 e. The van der Waals surface area contributed by atoms with E-state index in [1.54, 1.807) is 0 Å². The van der Waals surface area contributed by atoms with Crippen LogP contribution in [0.1, 0.15) is 29.4 Å². The summed E-state index contributed by atoms with van der Waals surface area (Å²) in [7, 11) is 0. The summed E-state index contributed by atoms with van der Waals surface area (Å²) in [6.07, 6.45) is 1.10. The van der Waals surface area contributed by atoms with Crippen molar-refractivity contribution < 1.29 is 0 Å². The molecule has 1 aromatic rings. The number of aryl methyl sites for hydroxylation is 2. The summed E-state index contributed by atoms with van der Waals surface area (Å²) >= 11 is 1.84. The molecule has 0 radical (unpaired) electrons. The molecule has 0 amide bonds. The molecule has 0 aliphatic heterocycles. The van der Waals surface area contributed by atoms with Crippen molar-refractivity contribution in [2.75, 3.05) is 13.1 Å². The maximum Gasteiger partial charge on any atom is 0.0934 e. The van der Waals surface area contributed by atoms with E-state index in [1.807, 2.05) is 11.3 Å². The lowest BCUT2D eigenvalue weighted by atomic mass is 10.1. The molecule has 0 saturated carbocycles. The van der Waals surface area contributed by atoms with E-state index in [1.165, 1.54) is 15.6 Å². The minimum absolute atomic E-state index is 0.680. The third-order valence-corrected chi connectivity index (χ3v) is 3.43. The number of aromatic nitrogens is 1. The van der Waals surface area contributed by atoms with E-state index in [2.05, 4.69) is 38.0 Å². The summed E-state index contributed by atoms with van der Waals surface area (Å²) < 4.78 is 0. The number of nitrogens with one attached hydrogen (secondary N) is 1. The standard InChI is InChI=1S/C11H20N2S/c1-5-12-7-8(2)6-11-13-9(3)10(4)14-11/h8,12H,5-7H2,1-4H3. The van der Waals surface area contributed by atoms with Gasteiger partial charge in [0.1, 0.15) is 0 Å². The van der Waals surface area contributed by atoms with Gasteiger partial charge in [0, 0.05) is 11.3 Å². The highest BCUT2D eigenvalue weighted by Crippen LogP contribution is 2.19. The van der Waals surface area contributed by atoms with Gasteiger partial charge < -0.3 is 5.32 Å². The van der Waals surface area contributed by atoms with Gasteiger partial charge in [-0.3, -0.25) is 0 Å². The Hall–Kier alpha value is -0.410. The maximum atomic E-state index is 4.55. The summed E-state index contributed by atoms with van der Waals surface area (Å²) in [5.41, 5.74) is 1.20. The lowest BCUT2D eigenvalue weighted by Crippen LogP contribution is -2.21. The predicted octanol–water partition coefficient (Wildman–Crippen LogP) is 2.55. The second-order valence-electron chi connectivity index (χ2n) is 3.87. The summed E-state index contributed by atoms with van der Waals surface area (Å²) in [6, 6.07) is 0. The highest BCUT2D eigenvalue weighted by molar-refractivity contribution is 7.11. The van der Waals surface area contributed by atoms with E-state index in [0.29, 0.717) is 5.92 Å². The average molecular weight is 212 g/mol. The Morgan fingerprint density at radius 1 is 1.43 bits per heavy atom. The summed E-state index contributed by atoms with van der Waals surface area (Å²) in [6.45, 7) is 10.8. The Morgan fingerprint density at radius 3 is 2.64 bits per heavy atom. The fourth-order valence-electron chi connectivity index (χ4n) is 1.39. The Balaban J connectivity index is 2.43. The van der Waals surface area contributed by atoms with E-state index in [-0.39, 0.29) is 0 Å². The maximum absolute atomic E-state index is 4.55.